The SMILES string of the molecule is c1ccc(-c2cc3cc4c5c(cc(-c6ccccc6)c6cccc(c65)C4)c3c3ccccc23)cc1. The smallest absolute Gasteiger partial charge is 0.00128 e. The quantitative estimate of drug-likeness (QED) is 0.234. The van der Waals surface area contributed by atoms with E-state index in [0.29, 0.717) is 0 Å². The molecule has 1 aliphatic rings. The maximum Gasteiger partial charge on any atom is -0.00128 e. The summed E-state index contributed by atoms with van der Waals surface area (Å²) in [5.41, 5.74) is 8.08. The Morgan fingerprint density at radius 1 is 0.371 bits per heavy atom. The molecule has 0 unspecified atom stereocenters. The van der Waals surface area contributed by atoms with Crippen LogP contribution in [0.4, 0.5) is 0 Å². The fourth-order valence-electron chi connectivity index (χ4n) is 6.36. The molecule has 0 aromatic heterocycles. The van der Waals surface area contributed by atoms with Gasteiger partial charge in [-0.3, -0.25) is 0 Å². The molecule has 0 saturated heterocycles. The first-order valence-electron chi connectivity index (χ1n) is 12.3. The van der Waals surface area contributed by atoms with Crippen molar-refractivity contribution in [3.05, 3.63) is 132 Å². The lowest BCUT2D eigenvalue weighted by molar-refractivity contribution is 1.28. The second kappa shape index (κ2) is 7.04. The summed E-state index contributed by atoms with van der Waals surface area (Å²) in [6.45, 7) is 0. The zero-order chi connectivity index (χ0) is 22.9. The van der Waals surface area contributed by atoms with Gasteiger partial charge in [-0.15, -0.1) is 0 Å². The van der Waals surface area contributed by atoms with Crippen LogP contribution in [0.2, 0.25) is 0 Å². The Balaban J connectivity index is 1.60. The minimum absolute atomic E-state index is 1.00. The summed E-state index contributed by atoms with van der Waals surface area (Å²) in [5.74, 6) is 0. The third-order valence-corrected chi connectivity index (χ3v) is 7.79. The highest BCUT2D eigenvalue weighted by molar-refractivity contribution is 6.30. The van der Waals surface area contributed by atoms with Gasteiger partial charge in [0.15, 0.2) is 0 Å². The third kappa shape index (κ3) is 2.63. The molecule has 0 N–H and O–H groups in total. The largest absolute Gasteiger partial charge is 0.0622 e. The number of rotatable bonds is 2. The minimum Gasteiger partial charge on any atom is -0.0622 e. The van der Waals surface area contributed by atoms with Gasteiger partial charge in [-0.25, -0.2) is 0 Å². The third-order valence-electron chi connectivity index (χ3n) is 7.79. The fraction of sp³-hybridized carbons (Fsp3) is 0.0286. The molecule has 0 amide bonds. The molecule has 0 heteroatoms. The van der Waals surface area contributed by atoms with Gasteiger partial charge in [-0.2, -0.15) is 0 Å². The van der Waals surface area contributed by atoms with E-state index in [1.54, 1.807) is 0 Å². The van der Waals surface area contributed by atoms with E-state index in [4.69, 9.17) is 0 Å². The Hall–Kier alpha value is -4.42. The average Bonchev–Trinajstić information content (AvgIpc) is 3.30. The van der Waals surface area contributed by atoms with Crippen LogP contribution in [0.25, 0.3) is 65.3 Å². The van der Waals surface area contributed by atoms with Gasteiger partial charge in [0.1, 0.15) is 0 Å². The van der Waals surface area contributed by atoms with Gasteiger partial charge in [0.2, 0.25) is 0 Å². The first-order valence-corrected chi connectivity index (χ1v) is 12.3. The summed E-state index contributed by atoms with van der Waals surface area (Å²) in [7, 11) is 0. The number of fused-ring (bicyclic) bond motifs is 4. The lowest BCUT2D eigenvalue weighted by atomic mass is 9.87. The van der Waals surface area contributed by atoms with Crippen LogP contribution < -0.4 is 0 Å². The zero-order valence-electron chi connectivity index (χ0n) is 19.3. The van der Waals surface area contributed by atoms with Crippen molar-refractivity contribution >= 4 is 43.1 Å². The second-order valence-electron chi connectivity index (χ2n) is 9.70. The first-order chi connectivity index (χ1) is 17.4. The van der Waals surface area contributed by atoms with Crippen LogP contribution >= 0.6 is 0 Å². The summed E-state index contributed by atoms with van der Waals surface area (Å²) in [6, 6.07) is 44.8. The van der Waals surface area contributed by atoms with Crippen molar-refractivity contribution < 1.29 is 0 Å². The van der Waals surface area contributed by atoms with E-state index in [-0.39, 0.29) is 0 Å². The van der Waals surface area contributed by atoms with E-state index in [0.717, 1.165) is 6.42 Å². The van der Waals surface area contributed by atoms with Gasteiger partial charge in [0, 0.05) is 0 Å². The monoisotopic (exact) mass is 442 g/mol. The van der Waals surface area contributed by atoms with Gasteiger partial charge in [0.25, 0.3) is 0 Å². The van der Waals surface area contributed by atoms with E-state index in [1.165, 1.54) is 76.5 Å². The van der Waals surface area contributed by atoms with Crippen molar-refractivity contribution in [1.82, 2.24) is 0 Å². The summed E-state index contributed by atoms with van der Waals surface area (Å²) < 4.78 is 0. The standard InChI is InChI=1S/C35H22/c1-3-10-22(11-4-1)30-20-26-19-25-18-24-14-9-17-29-31(23-12-5-2-6-13-23)21-32(35(25)34(24)29)33(26)28-16-8-7-15-27(28)30/h1-17,19-21H,18H2. The first kappa shape index (κ1) is 18.9. The van der Waals surface area contributed by atoms with E-state index < -0.39 is 0 Å². The van der Waals surface area contributed by atoms with E-state index in [1.807, 2.05) is 0 Å². The maximum absolute atomic E-state index is 2.46. The average molecular weight is 443 g/mol. The Kier molecular flexibility index (Phi) is 3.81. The van der Waals surface area contributed by atoms with Crippen molar-refractivity contribution in [2.75, 3.05) is 0 Å². The Labute approximate surface area is 204 Å². The molecule has 0 nitrogen and oxygen atoms in total. The molecule has 0 heterocycles. The summed E-state index contributed by atoms with van der Waals surface area (Å²) in [4.78, 5) is 0. The molecule has 0 bridgehead atoms. The molecule has 7 aromatic rings. The molecule has 0 spiro atoms. The lowest BCUT2D eigenvalue weighted by Crippen LogP contribution is -1.89. The molecular formula is C35H22. The molecular weight excluding hydrogens is 420 g/mol. The Morgan fingerprint density at radius 2 is 0.971 bits per heavy atom. The number of hydrogen-bond donors (Lipinski definition) is 0. The number of hydrogen-bond acceptors (Lipinski definition) is 0. The molecule has 1 aliphatic carbocycles. The predicted octanol–water partition coefficient (Wildman–Crippen LogP) is 9.54. The van der Waals surface area contributed by atoms with Gasteiger partial charge < -0.3 is 0 Å². The molecule has 0 aliphatic heterocycles. The van der Waals surface area contributed by atoms with Crippen molar-refractivity contribution in [2.24, 2.45) is 0 Å². The lowest BCUT2D eigenvalue weighted by Gasteiger charge is -2.16. The molecule has 0 fully saturated rings. The zero-order valence-corrected chi connectivity index (χ0v) is 19.3. The predicted molar refractivity (Wildman–Crippen MR) is 150 cm³/mol. The van der Waals surface area contributed by atoms with Crippen molar-refractivity contribution in [3.63, 3.8) is 0 Å². The molecule has 0 saturated carbocycles. The summed E-state index contributed by atoms with van der Waals surface area (Å²) in [5, 5.41) is 11.0. The van der Waals surface area contributed by atoms with E-state index in [2.05, 4.69) is 121 Å². The highest BCUT2D eigenvalue weighted by atomic mass is 14.3. The Morgan fingerprint density at radius 3 is 1.71 bits per heavy atom. The topological polar surface area (TPSA) is 0 Å². The van der Waals surface area contributed by atoms with E-state index in [9.17, 15) is 0 Å². The van der Waals surface area contributed by atoms with Gasteiger partial charge >= 0.3 is 0 Å². The molecule has 162 valence electrons. The van der Waals surface area contributed by atoms with Crippen LogP contribution in [0.5, 0.6) is 0 Å². The van der Waals surface area contributed by atoms with Crippen LogP contribution in [0, 0.1) is 0 Å². The number of benzene rings is 7. The van der Waals surface area contributed by atoms with Crippen LogP contribution in [-0.2, 0) is 6.42 Å². The van der Waals surface area contributed by atoms with Crippen molar-refractivity contribution in [3.8, 4) is 22.3 Å². The van der Waals surface area contributed by atoms with Crippen LogP contribution in [-0.4, -0.2) is 0 Å². The molecule has 0 radical (unpaired) electrons. The summed E-state index contributed by atoms with van der Waals surface area (Å²) >= 11 is 0. The minimum atomic E-state index is 1.00. The normalized spacial score (nSPS) is 12.5. The van der Waals surface area contributed by atoms with Crippen LogP contribution in [0.15, 0.2) is 121 Å². The van der Waals surface area contributed by atoms with E-state index >= 15 is 0 Å². The molecule has 35 heavy (non-hydrogen) atoms. The molecule has 8 rings (SSSR count). The second-order valence-corrected chi connectivity index (χ2v) is 9.70. The fourth-order valence-corrected chi connectivity index (χ4v) is 6.36. The molecule has 7 aromatic carbocycles. The highest BCUT2D eigenvalue weighted by Gasteiger charge is 2.23. The van der Waals surface area contributed by atoms with Crippen LogP contribution in [0.1, 0.15) is 11.1 Å². The van der Waals surface area contributed by atoms with Crippen molar-refractivity contribution in [2.45, 2.75) is 6.42 Å². The molecule has 0 atom stereocenters. The highest BCUT2D eigenvalue weighted by Crippen LogP contribution is 2.47. The van der Waals surface area contributed by atoms with Crippen LogP contribution in [0.3, 0.4) is 0 Å². The summed E-state index contributed by atoms with van der Waals surface area (Å²) in [6.07, 6.45) is 1.00. The Bertz CT molecular complexity index is 1940. The van der Waals surface area contributed by atoms with Gasteiger partial charge in [-0.1, -0.05) is 109 Å². The van der Waals surface area contributed by atoms with Crippen molar-refractivity contribution in [1.29, 1.82) is 0 Å². The maximum atomic E-state index is 2.46. The van der Waals surface area contributed by atoms with Gasteiger partial charge in [-0.05, 0) is 95.0 Å². The van der Waals surface area contributed by atoms with Gasteiger partial charge in [0.05, 0.1) is 0 Å².